The lowest BCUT2D eigenvalue weighted by Crippen LogP contribution is -2.22. The summed E-state index contributed by atoms with van der Waals surface area (Å²) in [5.74, 6) is -0.186. The Morgan fingerprint density at radius 3 is 2.17 bits per heavy atom. The van der Waals surface area contributed by atoms with Crippen molar-refractivity contribution >= 4 is 38.6 Å². The van der Waals surface area contributed by atoms with Gasteiger partial charge in [-0.05, 0) is 35.9 Å². The molecule has 2 N–H and O–H groups in total. The number of fused-ring (bicyclic) bond motifs is 1. The maximum Gasteiger partial charge on any atom is 0.258 e. The van der Waals surface area contributed by atoms with E-state index in [4.69, 9.17) is 0 Å². The molecule has 1 aliphatic rings. The maximum absolute atomic E-state index is 12.8. The van der Waals surface area contributed by atoms with Crippen LogP contribution in [0.15, 0.2) is 83.8 Å². The highest BCUT2D eigenvalue weighted by Crippen LogP contribution is 2.37. The van der Waals surface area contributed by atoms with Gasteiger partial charge in [-0.2, -0.15) is 0 Å². The number of anilines is 2. The molecule has 0 atom stereocenters. The molecule has 6 nitrogen and oxygen atoms in total. The average Bonchev–Trinajstić information content (AvgIpc) is 3.08. The first-order valence-electron chi connectivity index (χ1n) is 9.38. The second-order valence-electron chi connectivity index (χ2n) is 7.05. The van der Waals surface area contributed by atoms with Crippen molar-refractivity contribution in [2.75, 3.05) is 24.7 Å². The van der Waals surface area contributed by atoms with Crippen LogP contribution in [0.25, 0.3) is 11.3 Å². The summed E-state index contributed by atoms with van der Waals surface area (Å²) in [6.45, 7) is 0. The Morgan fingerprint density at radius 2 is 1.50 bits per heavy atom. The number of benzene rings is 3. The third kappa shape index (κ3) is 3.60. The molecule has 0 saturated heterocycles. The van der Waals surface area contributed by atoms with Crippen LogP contribution < -0.4 is 10.6 Å². The van der Waals surface area contributed by atoms with Gasteiger partial charge < -0.3 is 10.6 Å². The molecule has 0 bridgehead atoms. The van der Waals surface area contributed by atoms with Crippen molar-refractivity contribution in [2.45, 2.75) is 4.90 Å². The van der Waals surface area contributed by atoms with Crippen molar-refractivity contribution in [3.63, 3.8) is 0 Å². The minimum atomic E-state index is -3.51. The van der Waals surface area contributed by atoms with E-state index in [1.165, 1.54) is 18.4 Å². The molecular weight excluding hydrogens is 398 g/mol. The number of carbonyl (C=O) groups is 1. The fraction of sp³-hybridized carbons (Fsp3) is 0.0870. The van der Waals surface area contributed by atoms with Crippen LogP contribution in [0, 0.1) is 0 Å². The van der Waals surface area contributed by atoms with Gasteiger partial charge in [0.25, 0.3) is 5.91 Å². The van der Waals surface area contributed by atoms with Gasteiger partial charge in [0.05, 0.1) is 16.2 Å². The minimum Gasteiger partial charge on any atom is -0.354 e. The molecule has 0 unspecified atom stereocenters. The number of rotatable bonds is 5. The number of para-hydroxylation sites is 1. The second-order valence-corrected chi connectivity index (χ2v) is 9.20. The van der Waals surface area contributed by atoms with Crippen LogP contribution in [0.2, 0.25) is 0 Å². The van der Waals surface area contributed by atoms with Gasteiger partial charge in [-0.25, -0.2) is 12.7 Å². The van der Waals surface area contributed by atoms with Crippen molar-refractivity contribution in [2.24, 2.45) is 0 Å². The summed E-state index contributed by atoms with van der Waals surface area (Å²) in [7, 11) is -0.518. The van der Waals surface area contributed by atoms with Crippen molar-refractivity contribution in [3.8, 4) is 0 Å². The predicted molar refractivity (Wildman–Crippen MR) is 119 cm³/mol. The third-order valence-electron chi connectivity index (χ3n) is 4.89. The molecule has 0 fully saturated rings. The number of carbonyl (C=O) groups excluding carboxylic acids is 1. The monoisotopic (exact) mass is 419 g/mol. The van der Waals surface area contributed by atoms with E-state index in [0.717, 1.165) is 16.8 Å². The lowest BCUT2D eigenvalue weighted by atomic mass is 10.00. The van der Waals surface area contributed by atoms with E-state index in [2.05, 4.69) is 10.6 Å². The lowest BCUT2D eigenvalue weighted by Gasteiger charge is -2.16. The normalized spacial score (nSPS) is 15.0. The van der Waals surface area contributed by atoms with Gasteiger partial charge in [-0.3, -0.25) is 4.79 Å². The molecule has 1 amide bonds. The van der Waals surface area contributed by atoms with Crippen LogP contribution >= 0.6 is 0 Å². The van der Waals surface area contributed by atoms with E-state index in [1.54, 1.807) is 24.3 Å². The van der Waals surface area contributed by atoms with Crippen LogP contribution in [0.1, 0.15) is 11.1 Å². The first-order chi connectivity index (χ1) is 14.4. The molecule has 152 valence electrons. The van der Waals surface area contributed by atoms with Gasteiger partial charge in [0.1, 0.15) is 0 Å². The highest BCUT2D eigenvalue weighted by molar-refractivity contribution is 7.89. The highest BCUT2D eigenvalue weighted by atomic mass is 32.2. The Balaban J connectivity index is 1.80. The number of amides is 1. The molecule has 4 rings (SSSR count). The van der Waals surface area contributed by atoms with Crippen molar-refractivity contribution < 1.29 is 13.2 Å². The summed E-state index contributed by atoms with van der Waals surface area (Å²) >= 11 is 0. The van der Waals surface area contributed by atoms with Crippen LogP contribution in [0.3, 0.4) is 0 Å². The zero-order chi connectivity index (χ0) is 21.3. The molecule has 1 aliphatic heterocycles. The Morgan fingerprint density at radius 1 is 0.867 bits per heavy atom. The fourth-order valence-electron chi connectivity index (χ4n) is 3.31. The molecule has 7 heteroatoms. The molecule has 0 aliphatic carbocycles. The van der Waals surface area contributed by atoms with Crippen molar-refractivity contribution in [3.05, 3.63) is 90.0 Å². The quantitative estimate of drug-likeness (QED) is 0.616. The average molecular weight is 420 g/mol. The van der Waals surface area contributed by atoms with Gasteiger partial charge in [0.15, 0.2) is 0 Å². The van der Waals surface area contributed by atoms with Crippen LogP contribution in [-0.2, 0) is 14.8 Å². The molecule has 0 radical (unpaired) electrons. The number of sulfonamides is 1. The first kappa shape index (κ1) is 19.9. The Bertz CT molecular complexity index is 1230. The summed E-state index contributed by atoms with van der Waals surface area (Å²) in [6, 6.07) is 23.6. The molecule has 3 aromatic rings. The van der Waals surface area contributed by atoms with Crippen LogP contribution in [0.4, 0.5) is 11.4 Å². The summed E-state index contributed by atoms with van der Waals surface area (Å²) in [5.41, 5.74) is 4.31. The third-order valence-corrected chi connectivity index (χ3v) is 6.72. The van der Waals surface area contributed by atoms with E-state index in [1.807, 2.05) is 54.6 Å². The molecular formula is C23H21N3O3S. The Kier molecular flexibility index (Phi) is 5.15. The van der Waals surface area contributed by atoms with E-state index >= 15 is 0 Å². The summed E-state index contributed by atoms with van der Waals surface area (Å²) in [6.07, 6.45) is 0. The van der Waals surface area contributed by atoms with E-state index in [0.29, 0.717) is 17.0 Å². The molecule has 0 saturated carbocycles. The maximum atomic E-state index is 12.8. The number of hydrogen-bond acceptors (Lipinski definition) is 4. The molecule has 0 aromatic heterocycles. The van der Waals surface area contributed by atoms with Crippen molar-refractivity contribution in [1.82, 2.24) is 4.31 Å². The smallest absolute Gasteiger partial charge is 0.258 e. The molecule has 30 heavy (non-hydrogen) atoms. The number of nitrogens with one attached hydrogen (secondary N) is 2. The summed E-state index contributed by atoms with van der Waals surface area (Å²) in [4.78, 5) is 13.0. The predicted octanol–water partition coefficient (Wildman–Crippen LogP) is 3.87. The second kappa shape index (κ2) is 7.78. The van der Waals surface area contributed by atoms with Crippen molar-refractivity contribution in [1.29, 1.82) is 0 Å². The minimum absolute atomic E-state index is 0.186. The van der Waals surface area contributed by atoms with E-state index in [9.17, 15) is 13.2 Å². The summed E-state index contributed by atoms with van der Waals surface area (Å²) < 4.78 is 25.8. The van der Waals surface area contributed by atoms with Gasteiger partial charge in [-0.15, -0.1) is 0 Å². The van der Waals surface area contributed by atoms with Gasteiger partial charge in [0, 0.05) is 31.0 Å². The zero-order valence-electron chi connectivity index (χ0n) is 16.6. The number of hydrogen-bond donors (Lipinski definition) is 2. The summed E-state index contributed by atoms with van der Waals surface area (Å²) in [5, 5.41) is 6.23. The SMILES string of the molecule is CN(C)S(=O)(=O)c1ccc(NC(=C2C(=O)Nc3ccccc32)c2ccccc2)cc1. The van der Waals surface area contributed by atoms with Gasteiger partial charge in [-0.1, -0.05) is 48.5 Å². The number of nitrogens with zero attached hydrogens (tertiary/aromatic N) is 1. The van der Waals surface area contributed by atoms with Gasteiger partial charge >= 0.3 is 0 Å². The topological polar surface area (TPSA) is 78.5 Å². The fourth-order valence-corrected chi connectivity index (χ4v) is 4.22. The zero-order valence-corrected chi connectivity index (χ0v) is 17.4. The highest BCUT2D eigenvalue weighted by Gasteiger charge is 2.28. The lowest BCUT2D eigenvalue weighted by molar-refractivity contribution is -0.110. The Labute approximate surface area is 175 Å². The van der Waals surface area contributed by atoms with E-state index < -0.39 is 10.0 Å². The molecule has 1 heterocycles. The standard InChI is InChI=1S/C23H21N3O3S/c1-26(2)30(28,29)18-14-12-17(13-15-18)24-22(16-8-4-3-5-9-16)21-19-10-6-7-11-20(19)25-23(21)27/h3-15,24H,1-2H3,(H,25,27). The molecule has 3 aromatic carbocycles. The van der Waals surface area contributed by atoms with Crippen LogP contribution in [-0.4, -0.2) is 32.7 Å². The van der Waals surface area contributed by atoms with Gasteiger partial charge in [0.2, 0.25) is 10.0 Å². The first-order valence-corrected chi connectivity index (χ1v) is 10.8. The Hall–Kier alpha value is -3.42. The van der Waals surface area contributed by atoms with Crippen LogP contribution in [0.5, 0.6) is 0 Å². The largest absolute Gasteiger partial charge is 0.354 e. The molecule has 0 spiro atoms. The van der Waals surface area contributed by atoms with E-state index in [-0.39, 0.29) is 10.8 Å².